The number of pyridine rings is 1. The molecule has 0 aliphatic rings. The van der Waals surface area contributed by atoms with Crippen LogP contribution < -0.4 is 5.56 Å². The predicted octanol–water partition coefficient (Wildman–Crippen LogP) is 1.21. The van der Waals surface area contributed by atoms with Crippen molar-refractivity contribution in [1.82, 2.24) is 14.3 Å². The summed E-state index contributed by atoms with van der Waals surface area (Å²) < 4.78 is 1.53. The van der Waals surface area contributed by atoms with Crippen LogP contribution in [0.25, 0.3) is 5.65 Å². The monoisotopic (exact) mass is 275 g/mol. The summed E-state index contributed by atoms with van der Waals surface area (Å²) in [5.74, 6) is 0. The van der Waals surface area contributed by atoms with E-state index in [1.54, 1.807) is 26.1 Å². The van der Waals surface area contributed by atoms with Gasteiger partial charge in [0.05, 0.1) is 11.3 Å². The van der Waals surface area contributed by atoms with Crippen molar-refractivity contribution in [2.75, 3.05) is 13.6 Å². The molecule has 2 aromatic heterocycles. The molecule has 2 heterocycles. The minimum Gasteiger partial charge on any atom is -0.389 e. The first-order chi connectivity index (χ1) is 9.24. The molecule has 0 unspecified atom stereocenters. The molecule has 20 heavy (non-hydrogen) atoms. The van der Waals surface area contributed by atoms with Crippen molar-refractivity contribution >= 4 is 5.65 Å². The van der Waals surface area contributed by atoms with Crippen molar-refractivity contribution in [3.05, 3.63) is 46.0 Å². The fourth-order valence-corrected chi connectivity index (χ4v) is 2.33. The number of hydrogen-bond donors (Lipinski definition) is 1. The van der Waals surface area contributed by atoms with E-state index in [1.807, 2.05) is 31.0 Å². The highest BCUT2D eigenvalue weighted by atomic mass is 16.3. The molecule has 0 spiro atoms. The van der Waals surface area contributed by atoms with E-state index >= 15 is 0 Å². The fourth-order valence-electron chi connectivity index (χ4n) is 2.33. The van der Waals surface area contributed by atoms with Crippen LogP contribution >= 0.6 is 0 Å². The molecule has 108 valence electrons. The first-order valence-electron chi connectivity index (χ1n) is 6.64. The number of aromatic nitrogens is 2. The number of likely N-dealkylation sites (N-methyl/N-ethyl adjacent to an activating group) is 1. The Kier molecular flexibility index (Phi) is 3.92. The van der Waals surface area contributed by atoms with Crippen LogP contribution in [0.4, 0.5) is 0 Å². The van der Waals surface area contributed by atoms with Gasteiger partial charge in [-0.05, 0) is 45.5 Å². The molecule has 0 bridgehead atoms. The molecule has 0 saturated carbocycles. The van der Waals surface area contributed by atoms with Crippen LogP contribution in [0.5, 0.6) is 0 Å². The normalized spacial score (nSPS) is 12.3. The maximum Gasteiger partial charge on any atom is 0.258 e. The van der Waals surface area contributed by atoms with Gasteiger partial charge in [-0.1, -0.05) is 0 Å². The Balaban J connectivity index is 2.29. The van der Waals surface area contributed by atoms with Crippen molar-refractivity contribution in [3.8, 4) is 0 Å². The molecule has 2 aromatic rings. The van der Waals surface area contributed by atoms with Gasteiger partial charge in [0.1, 0.15) is 5.65 Å². The molecule has 0 aliphatic heterocycles. The topological polar surface area (TPSA) is 57.8 Å². The van der Waals surface area contributed by atoms with E-state index in [9.17, 15) is 9.90 Å². The maximum atomic E-state index is 12.0. The summed E-state index contributed by atoms with van der Waals surface area (Å²) in [6, 6.07) is 5.32. The summed E-state index contributed by atoms with van der Waals surface area (Å²) in [4.78, 5) is 18.5. The third kappa shape index (κ3) is 3.65. The van der Waals surface area contributed by atoms with Crippen molar-refractivity contribution in [3.63, 3.8) is 0 Å². The molecule has 0 radical (unpaired) electrons. The molecule has 5 heteroatoms. The molecule has 2 rings (SSSR count). The molecule has 0 aromatic carbocycles. The second-order valence-electron chi connectivity index (χ2n) is 6.00. The lowest BCUT2D eigenvalue weighted by Crippen LogP contribution is -2.36. The van der Waals surface area contributed by atoms with E-state index < -0.39 is 5.60 Å². The van der Waals surface area contributed by atoms with Crippen molar-refractivity contribution in [2.45, 2.75) is 32.9 Å². The number of aliphatic hydroxyl groups is 1. The summed E-state index contributed by atoms with van der Waals surface area (Å²) in [7, 11) is 1.90. The molecular formula is C15H21N3O2. The van der Waals surface area contributed by atoms with Gasteiger partial charge in [0.15, 0.2) is 0 Å². The van der Waals surface area contributed by atoms with Gasteiger partial charge in [0.2, 0.25) is 0 Å². The van der Waals surface area contributed by atoms with Crippen molar-refractivity contribution < 1.29 is 5.11 Å². The van der Waals surface area contributed by atoms with Crippen LogP contribution in [0, 0.1) is 6.92 Å². The second-order valence-corrected chi connectivity index (χ2v) is 6.00. The summed E-state index contributed by atoms with van der Waals surface area (Å²) in [5, 5.41) is 9.80. The Morgan fingerprint density at radius 3 is 2.75 bits per heavy atom. The van der Waals surface area contributed by atoms with Crippen LogP contribution in [0.3, 0.4) is 0 Å². The van der Waals surface area contributed by atoms with E-state index in [0.29, 0.717) is 24.4 Å². The minimum atomic E-state index is -0.767. The SMILES string of the molecule is Cc1ccn2c(=O)cc(CN(C)CC(C)(C)O)nc2c1. The van der Waals surface area contributed by atoms with Crippen LogP contribution in [0.15, 0.2) is 29.2 Å². The number of aryl methyl sites for hydroxylation is 1. The zero-order chi connectivity index (χ0) is 14.9. The summed E-state index contributed by atoms with van der Waals surface area (Å²) in [5.41, 5.74) is 1.59. The van der Waals surface area contributed by atoms with Crippen molar-refractivity contribution in [2.24, 2.45) is 0 Å². The lowest BCUT2D eigenvalue weighted by molar-refractivity contribution is 0.0422. The van der Waals surface area contributed by atoms with Crippen LogP contribution in [0.1, 0.15) is 25.1 Å². The van der Waals surface area contributed by atoms with E-state index in [4.69, 9.17) is 0 Å². The smallest absolute Gasteiger partial charge is 0.258 e. The molecule has 0 aliphatic carbocycles. The molecule has 1 N–H and O–H groups in total. The zero-order valence-electron chi connectivity index (χ0n) is 12.4. The summed E-state index contributed by atoms with van der Waals surface area (Å²) in [6.07, 6.45) is 1.74. The highest BCUT2D eigenvalue weighted by Gasteiger charge is 2.16. The van der Waals surface area contributed by atoms with E-state index in [0.717, 1.165) is 5.56 Å². The lowest BCUT2D eigenvalue weighted by Gasteiger charge is -2.25. The van der Waals surface area contributed by atoms with Crippen LogP contribution in [0.2, 0.25) is 0 Å². The predicted molar refractivity (Wildman–Crippen MR) is 78.8 cm³/mol. The van der Waals surface area contributed by atoms with Gasteiger partial charge < -0.3 is 5.11 Å². The minimum absolute atomic E-state index is 0.0818. The standard InChI is InChI=1S/C15H21N3O2/c1-11-5-6-18-13(7-11)16-12(8-14(18)19)9-17(4)10-15(2,3)20/h5-8,20H,9-10H2,1-4H3. The highest BCUT2D eigenvalue weighted by Crippen LogP contribution is 2.08. The van der Waals surface area contributed by atoms with Gasteiger partial charge >= 0.3 is 0 Å². The Bertz CT molecular complexity index is 671. The Morgan fingerprint density at radius 1 is 1.40 bits per heavy atom. The second kappa shape index (κ2) is 5.34. The third-order valence-corrected chi connectivity index (χ3v) is 2.96. The lowest BCUT2D eigenvalue weighted by atomic mass is 10.1. The number of hydrogen-bond acceptors (Lipinski definition) is 4. The summed E-state index contributed by atoms with van der Waals surface area (Å²) in [6.45, 7) is 6.54. The molecule has 0 fully saturated rings. The average molecular weight is 275 g/mol. The number of nitrogens with zero attached hydrogens (tertiary/aromatic N) is 3. The maximum absolute atomic E-state index is 12.0. The largest absolute Gasteiger partial charge is 0.389 e. The van der Waals surface area contributed by atoms with Gasteiger partial charge in [-0.25, -0.2) is 4.98 Å². The Hall–Kier alpha value is -1.72. The van der Waals surface area contributed by atoms with Gasteiger partial charge in [0, 0.05) is 25.4 Å². The van der Waals surface area contributed by atoms with Crippen LogP contribution in [-0.4, -0.2) is 38.6 Å². The summed E-state index contributed by atoms with van der Waals surface area (Å²) >= 11 is 0. The van der Waals surface area contributed by atoms with Gasteiger partial charge in [-0.2, -0.15) is 0 Å². The van der Waals surface area contributed by atoms with E-state index in [-0.39, 0.29) is 5.56 Å². The highest BCUT2D eigenvalue weighted by molar-refractivity contribution is 5.41. The molecule has 5 nitrogen and oxygen atoms in total. The quantitative estimate of drug-likeness (QED) is 0.911. The van der Waals surface area contributed by atoms with E-state index in [1.165, 1.54) is 4.40 Å². The van der Waals surface area contributed by atoms with Gasteiger partial charge in [-0.15, -0.1) is 0 Å². The molecule has 0 saturated heterocycles. The van der Waals surface area contributed by atoms with Crippen molar-refractivity contribution in [1.29, 1.82) is 0 Å². The number of fused-ring (bicyclic) bond motifs is 1. The fraction of sp³-hybridized carbons (Fsp3) is 0.467. The first kappa shape index (κ1) is 14.7. The molecular weight excluding hydrogens is 254 g/mol. The van der Waals surface area contributed by atoms with Crippen LogP contribution in [-0.2, 0) is 6.54 Å². The van der Waals surface area contributed by atoms with Gasteiger partial charge in [0.25, 0.3) is 5.56 Å². The average Bonchev–Trinajstić information content (AvgIpc) is 2.24. The molecule has 0 atom stereocenters. The van der Waals surface area contributed by atoms with E-state index in [2.05, 4.69) is 4.98 Å². The Labute approximate surface area is 118 Å². The third-order valence-electron chi connectivity index (χ3n) is 2.96. The first-order valence-corrected chi connectivity index (χ1v) is 6.64. The Morgan fingerprint density at radius 2 is 2.10 bits per heavy atom. The molecule has 0 amide bonds. The number of rotatable bonds is 4. The zero-order valence-corrected chi connectivity index (χ0v) is 12.4. The van der Waals surface area contributed by atoms with Gasteiger partial charge in [-0.3, -0.25) is 14.1 Å².